The largest absolute Gasteiger partial charge is 0.478 e. The fraction of sp³-hybridized carbons (Fsp3) is 0.200. The molecule has 0 spiro atoms. The Balaban J connectivity index is 2.86. The van der Waals surface area contributed by atoms with Gasteiger partial charge in [0.15, 0.2) is 0 Å². The molecular weight excluding hydrogens is 290 g/mol. The van der Waals surface area contributed by atoms with Crippen LogP contribution >= 0.6 is 15.9 Å². The molecule has 1 aromatic rings. The number of rotatable bonds is 3. The molecule has 0 radical (unpaired) electrons. The van der Waals surface area contributed by atoms with Crippen LogP contribution in [0.25, 0.3) is 0 Å². The molecule has 0 fully saturated rings. The van der Waals surface area contributed by atoms with Crippen LogP contribution in [-0.2, 0) is 0 Å². The molecule has 0 saturated heterocycles. The first-order valence-electron chi connectivity index (χ1n) is 4.68. The normalized spacial score (nSPS) is 10.1. The summed E-state index contributed by atoms with van der Waals surface area (Å²) in [6, 6.07) is 3.94. The third-order valence-electron chi connectivity index (χ3n) is 1.79. The number of nitrogens with one attached hydrogen (secondary N) is 2. The van der Waals surface area contributed by atoms with Crippen molar-refractivity contribution in [1.82, 2.24) is 10.4 Å². The number of benzene rings is 1. The van der Waals surface area contributed by atoms with Gasteiger partial charge in [0, 0.05) is 18.6 Å². The van der Waals surface area contributed by atoms with Crippen molar-refractivity contribution in [3.63, 3.8) is 0 Å². The molecule has 92 valence electrons. The highest BCUT2D eigenvalue weighted by atomic mass is 79.9. The zero-order chi connectivity index (χ0) is 13.0. The lowest BCUT2D eigenvalue weighted by atomic mass is 10.2. The van der Waals surface area contributed by atoms with Gasteiger partial charge in [0.2, 0.25) is 0 Å². The van der Waals surface area contributed by atoms with Gasteiger partial charge in [-0.1, -0.05) is 0 Å². The summed E-state index contributed by atoms with van der Waals surface area (Å²) in [4.78, 5) is 22.2. The number of halogens is 1. The van der Waals surface area contributed by atoms with E-state index in [0.717, 1.165) is 0 Å². The van der Waals surface area contributed by atoms with Crippen molar-refractivity contribution in [3.05, 3.63) is 28.2 Å². The van der Waals surface area contributed by atoms with Gasteiger partial charge in [-0.2, -0.15) is 0 Å². The number of carbonyl (C=O) groups is 2. The molecule has 0 aliphatic carbocycles. The second-order valence-electron chi connectivity index (χ2n) is 3.46. The van der Waals surface area contributed by atoms with E-state index in [9.17, 15) is 9.59 Å². The van der Waals surface area contributed by atoms with Crippen molar-refractivity contribution in [2.75, 3.05) is 19.4 Å². The van der Waals surface area contributed by atoms with Gasteiger partial charge in [-0.15, -0.1) is 0 Å². The van der Waals surface area contributed by atoms with E-state index < -0.39 is 12.0 Å². The van der Waals surface area contributed by atoms with E-state index in [-0.39, 0.29) is 5.56 Å². The molecule has 1 aromatic carbocycles. The fourth-order valence-electron chi connectivity index (χ4n) is 1.11. The van der Waals surface area contributed by atoms with Crippen molar-refractivity contribution in [2.24, 2.45) is 0 Å². The number of anilines is 1. The highest BCUT2D eigenvalue weighted by Crippen LogP contribution is 2.23. The minimum atomic E-state index is -1.05. The minimum Gasteiger partial charge on any atom is -0.478 e. The molecule has 0 aliphatic rings. The molecule has 0 aliphatic heterocycles. The average Bonchev–Trinajstić information content (AvgIpc) is 2.19. The Morgan fingerprint density at radius 3 is 2.53 bits per heavy atom. The Morgan fingerprint density at radius 1 is 1.35 bits per heavy atom. The molecule has 0 aromatic heterocycles. The maximum atomic E-state index is 11.4. The summed E-state index contributed by atoms with van der Waals surface area (Å²) >= 11 is 3.23. The molecule has 1 rings (SSSR count). The molecule has 2 amide bonds. The molecule has 17 heavy (non-hydrogen) atoms. The average molecular weight is 302 g/mol. The third kappa shape index (κ3) is 4.04. The molecule has 0 unspecified atom stereocenters. The van der Waals surface area contributed by atoms with Crippen LogP contribution in [0.2, 0.25) is 0 Å². The molecule has 6 nitrogen and oxygen atoms in total. The monoisotopic (exact) mass is 301 g/mol. The molecule has 0 heterocycles. The first-order valence-corrected chi connectivity index (χ1v) is 5.47. The molecule has 0 atom stereocenters. The summed E-state index contributed by atoms with van der Waals surface area (Å²) in [5, 5.41) is 12.8. The Kier molecular flexibility index (Phi) is 4.47. The fourth-order valence-corrected chi connectivity index (χ4v) is 1.45. The number of urea groups is 1. The first kappa shape index (κ1) is 13.5. The van der Waals surface area contributed by atoms with E-state index >= 15 is 0 Å². The zero-order valence-corrected chi connectivity index (χ0v) is 10.9. The van der Waals surface area contributed by atoms with Crippen LogP contribution in [0.5, 0.6) is 0 Å². The van der Waals surface area contributed by atoms with Crippen LogP contribution < -0.4 is 10.7 Å². The predicted octanol–water partition coefficient (Wildman–Crippen LogP) is 1.75. The Hall–Kier alpha value is -1.60. The zero-order valence-electron chi connectivity index (χ0n) is 9.32. The van der Waals surface area contributed by atoms with Gasteiger partial charge < -0.3 is 10.4 Å². The third-order valence-corrected chi connectivity index (χ3v) is 2.48. The van der Waals surface area contributed by atoms with Crippen molar-refractivity contribution < 1.29 is 14.7 Å². The molecule has 0 saturated carbocycles. The Labute approximate surface area is 107 Å². The van der Waals surface area contributed by atoms with E-state index in [1.165, 1.54) is 17.1 Å². The Morgan fingerprint density at radius 2 is 2.00 bits per heavy atom. The summed E-state index contributed by atoms with van der Waals surface area (Å²) in [6.45, 7) is 0. The lowest BCUT2D eigenvalue weighted by molar-refractivity contribution is 0.0697. The summed E-state index contributed by atoms with van der Waals surface area (Å²) in [5.74, 6) is -1.05. The number of carboxylic acid groups (broad SMARTS) is 1. The second-order valence-corrected chi connectivity index (χ2v) is 4.31. The van der Waals surface area contributed by atoms with Gasteiger partial charge in [0.05, 0.1) is 11.3 Å². The smallest absolute Gasteiger partial charge is 0.335 e. The van der Waals surface area contributed by atoms with Gasteiger partial charge in [0.25, 0.3) is 0 Å². The van der Waals surface area contributed by atoms with Crippen LogP contribution in [-0.4, -0.2) is 36.2 Å². The van der Waals surface area contributed by atoms with E-state index in [1.54, 1.807) is 20.2 Å². The summed E-state index contributed by atoms with van der Waals surface area (Å²) < 4.78 is 0.608. The van der Waals surface area contributed by atoms with Gasteiger partial charge in [-0.3, -0.25) is 5.43 Å². The number of hydrogen-bond donors (Lipinski definition) is 3. The second kappa shape index (κ2) is 5.65. The van der Waals surface area contributed by atoms with Gasteiger partial charge in [0.1, 0.15) is 0 Å². The van der Waals surface area contributed by atoms with E-state index in [1.807, 2.05) is 0 Å². The van der Waals surface area contributed by atoms with Crippen LogP contribution in [0.4, 0.5) is 10.5 Å². The highest BCUT2D eigenvalue weighted by molar-refractivity contribution is 9.10. The maximum Gasteiger partial charge on any atom is 0.335 e. The number of hydrazine groups is 1. The van der Waals surface area contributed by atoms with E-state index in [2.05, 4.69) is 26.7 Å². The minimum absolute atomic E-state index is 0.105. The van der Waals surface area contributed by atoms with E-state index in [4.69, 9.17) is 5.11 Å². The topological polar surface area (TPSA) is 81.7 Å². The lowest BCUT2D eigenvalue weighted by Crippen LogP contribution is -2.39. The van der Waals surface area contributed by atoms with Crippen molar-refractivity contribution in [1.29, 1.82) is 0 Å². The molecular formula is C10H12BrN3O3. The van der Waals surface area contributed by atoms with Crippen molar-refractivity contribution in [3.8, 4) is 0 Å². The summed E-state index contributed by atoms with van der Waals surface area (Å²) in [7, 11) is 3.34. The first-order chi connectivity index (χ1) is 7.90. The predicted molar refractivity (Wildman–Crippen MR) is 66.9 cm³/mol. The molecule has 3 N–H and O–H groups in total. The van der Waals surface area contributed by atoms with Gasteiger partial charge in [-0.05, 0) is 34.1 Å². The van der Waals surface area contributed by atoms with Crippen molar-refractivity contribution >= 4 is 33.6 Å². The van der Waals surface area contributed by atoms with Crippen LogP contribution in [0.3, 0.4) is 0 Å². The molecule has 7 heteroatoms. The van der Waals surface area contributed by atoms with Crippen LogP contribution in [0.1, 0.15) is 10.4 Å². The Bertz CT molecular complexity index is 448. The van der Waals surface area contributed by atoms with Gasteiger partial charge in [-0.25, -0.2) is 14.6 Å². The number of amides is 2. The highest BCUT2D eigenvalue weighted by Gasteiger charge is 2.09. The quantitative estimate of drug-likeness (QED) is 0.743. The number of carboxylic acids is 1. The summed E-state index contributed by atoms with van der Waals surface area (Å²) in [6.07, 6.45) is 0. The lowest BCUT2D eigenvalue weighted by Gasteiger charge is -2.13. The van der Waals surface area contributed by atoms with E-state index in [0.29, 0.717) is 10.2 Å². The number of nitrogens with zero attached hydrogens (tertiary/aromatic N) is 1. The number of hydrogen-bond acceptors (Lipinski definition) is 3. The molecule has 0 bridgehead atoms. The van der Waals surface area contributed by atoms with Crippen LogP contribution in [0.15, 0.2) is 22.7 Å². The van der Waals surface area contributed by atoms with Crippen LogP contribution in [0, 0.1) is 0 Å². The SMILES string of the molecule is CN(C)NC(=O)Nc1cc(C(=O)O)ccc1Br. The number of carbonyl (C=O) groups excluding carboxylic acids is 1. The van der Waals surface area contributed by atoms with Crippen molar-refractivity contribution in [2.45, 2.75) is 0 Å². The standard InChI is InChI=1S/C10H12BrN3O3/c1-14(2)13-10(17)12-8-5-6(9(15)16)3-4-7(8)11/h3-5H,1-2H3,(H,15,16)(H2,12,13,17). The van der Waals surface area contributed by atoms with Gasteiger partial charge >= 0.3 is 12.0 Å². The summed E-state index contributed by atoms with van der Waals surface area (Å²) in [5.41, 5.74) is 2.98. The number of aromatic carboxylic acids is 1. The maximum absolute atomic E-state index is 11.4.